The molecular formula is C22H24Cl2N6O. The van der Waals surface area contributed by atoms with E-state index >= 15 is 0 Å². The van der Waals surface area contributed by atoms with Crippen LogP contribution in [0.25, 0.3) is 22.2 Å². The van der Waals surface area contributed by atoms with Crippen LogP contribution in [-0.2, 0) is 4.79 Å². The van der Waals surface area contributed by atoms with E-state index in [1.807, 2.05) is 58.8 Å². The predicted molar refractivity (Wildman–Crippen MR) is 125 cm³/mol. The van der Waals surface area contributed by atoms with Crippen LogP contribution >= 0.6 is 23.2 Å². The van der Waals surface area contributed by atoms with Crippen molar-refractivity contribution in [3.8, 4) is 11.1 Å². The van der Waals surface area contributed by atoms with Gasteiger partial charge in [-0.2, -0.15) is 0 Å². The lowest BCUT2D eigenvalue weighted by molar-refractivity contribution is -0.125. The Morgan fingerprint density at radius 2 is 2.00 bits per heavy atom. The number of halogens is 2. The van der Waals surface area contributed by atoms with Crippen molar-refractivity contribution in [3.05, 3.63) is 52.9 Å². The first-order valence-electron chi connectivity index (χ1n) is 10.0. The van der Waals surface area contributed by atoms with Crippen molar-refractivity contribution < 1.29 is 4.79 Å². The summed E-state index contributed by atoms with van der Waals surface area (Å²) in [5.74, 6) is 0.372. The molecule has 0 spiro atoms. The van der Waals surface area contributed by atoms with E-state index in [2.05, 4.69) is 9.97 Å². The van der Waals surface area contributed by atoms with Crippen molar-refractivity contribution in [2.45, 2.75) is 12.5 Å². The summed E-state index contributed by atoms with van der Waals surface area (Å²) in [7, 11) is 3.93. The molecule has 1 unspecified atom stereocenters. The molecule has 0 aliphatic carbocycles. The number of anilines is 1. The monoisotopic (exact) mass is 458 g/mol. The molecule has 1 aliphatic rings. The fourth-order valence-corrected chi connectivity index (χ4v) is 4.51. The zero-order valence-corrected chi connectivity index (χ0v) is 18.9. The molecule has 1 amide bonds. The molecule has 0 bridgehead atoms. The largest absolute Gasteiger partial charge is 0.383 e. The highest BCUT2D eigenvalue weighted by atomic mass is 35.5. The Kier molecular flexibility index (Phi) is 6.18. The lowest BCUT2D eigenvalue weighted by atomic mass is 10.1. The van der Waals surface area contributed by atoms with Crippen LogP contribution in [0.2, 0.25) is 10.2 Å². The predicted octanol–water partition coefficient (Wildman–Crippen LogP) is 3.88. The Balaban J connectivity index is 1.70. The quantitative estimate of drug-likeness (QED) is 0.586. The molecule has 0 saturated carbocycles. The number of benzene rings is 1. The van der Waals surface area contributed by atoms with Gasteiger partial charge in [0.05, 0.1) is 11.4 Å². The molecule has 2 N–H and O–H groups in total. The summed E-state index contributed by atoms with van der Waals surface area (Å²) in [6.07, 6.45) is 5.73. The Bertz CT molecular complexity index is 1140. The Hall–Kier alpha value is -2.61. The average molecular weight is 459 g/mol. The molecule has 4 rings (SSSR count). The molecule has 1 fully saturated rings. The molecule has 3 aromatic rings. The molecule has 3 heterocycles. The number of hydrogen-bond donors (Lipinski definition) is 1. The lowest BCUT2D eigenvalue weighted by Gasteiger charge is -2.17. The minimum absolute atomic E-state index is 0.00320. The average Bonchev–Trinajstić information content (AvgIpc) is 3.31. The molecule has 2 aromatic heterocycles. The van der Waals surface area contributed by atoms with E-state index < -0.39 is 0 Å². The highest BCUT2D eigenvalue weighted by Gasteiger charge is 2.31. The summed E-state index contributed by atoms with van der Waals surface area (Å²) in [5, 5.41) is 1.89. The van der Waals surface area contributed by atoms with Crippen LogP contribution < -0.4 is 5.73 Å². The number of fused-ring (bicyclic) bond motifs is 1. The number of amides is 1. The molecule has 0 radical (unpaired) electrons. The number of likely N-dealkylation sites (N-methyl/N-ethyl adjacent to an activating group) is 1. The van der Waals surface area contributed by atoms with E-state index in [1.165, 1.54) is 6.33 Å². The van der Waals surface area contributed by atoms with Crippen molar-refractivity contribution in [2.75, 3.05) is 39.5 Å². The van der Waals surface area contributed by atoms with Crippen LogP contribution in [0.15, 0.2) is 42.7 Å². The van der Waals surface area contributed by atoms with Crippen LogP contribution in [0, 0.1) is 0 Å². The van der Waals surface area contributed by atoms with Crippen molar-refractivity contribution >= 4 is 46.0 Å². The standard InChI is InChI=1S/C22H24Cl2N6O/c1-28(2)10-3-4-17(31)29-11-9-16(12-29)30-20(24)18(14-5-7-15(23)8-6-14)19-21(25)26-13-27-22(19)30/h3-8,13,16H,9-12H2,1-2H3,(H2,25,26,27). The van der Waals surface area contributed by atoms with E-state index in [1.54, 1.807) is 6.08 Å². The third-order valence-corrected chi connectivity index (χ3v) is 6.08. The number of aromatic nitrogens is 3. The van der Waals surface area contributed by atoms with Gasteiger partial charge in [0.2, 0.25) is 5.91 Å². The van der Waals surface area contributed by atoms with Gasteiger partial charge < -0.3 is 20.1 Å². The van der Waals surface area contributed by atoms with E-state index in [0.29, 0.717) is 40.1 Å². The molecule has 7 nitrogen and oxygen atoms in total. The number of nitrogens with zero attached hydrogens (tertiary/aromatic N) is 5. The summed E-state index contributed by atoms with van der Waals surface area (Å²) >= 11 is 13.0. The number of hydrogen-bond acceptors (Lipinski definition) is 5. The van der Waals surface area contributed by atoms with Crippen LogP contribution in [0.5, 0.6) is 0 Å². The van der Waals surface area contributed by atoms with Crippen molar-refractivity contribution in [2.24, 2.45) is 0 Å². The topological polar surface area (TPSA) is 80.3 Å². The van der Waals surface area contributed by atoms with Gasteiger partial charge in [-0.25, -0.2) is 9.97 Å². The third kappa shape index (κ3) is 4.26. The zero-order valence-electron chi connectivity index (χ0n) is 17.4. The fourth-order valence-electron chi connectivity index (χ4n) is 3.96. The molecule has 1 aromatic carbocycles. The molecular weight excluding hydrogens is 435 g/mol. The molecule has 1 aliphatic heterocycles. The molecule has 162 valence electrons. The summed E-state index contributed by atoms with van der Waals surface area (Å²) in [6, 6.07) is 7.43. The first-order valence-corrected chi connectivity index (χ1v) is 10.8. The maximum atomic E-state index is 12.6. The summed E-state index contributed by atoms with van der Waals surface area (Å²) in [4.78, 5) is 25.1. The SMILES string of the molecule is CN(C)CC=CC(=O)N1CCC(n2c(Cl)c(-c3ccc(Cl)cc3)c3c(N)ncnc32)C1. The Labute approximate surface area is 191 Å². The van der Waals surface area contributed by atoms with Gasteiger partial charge in [0.15, 0.2) is 0 Å². The number of carbonyl (C=O) groups excluding carboxylic acids is 1. The minimum atomic E-state index is -0.00320. The van der Waals surface area contributed by atoms with E-state index in [0.717, 1.165) is 24.1 Å². The number of nitrogen functional groups attached to an aromatic ring is 1. The summed E-state index contributed by atoms with van der Waals surface area (Å²) in [6.45, 7) is 1.93. The Morgan fingerprint density at radius 1 is 1.26 bits per heavy atom. The fraction of sp³-hybridized carbons (Fsp3) is 0.318. The van der Waals surface area contributed by atoms with Gasteiger partial charge in [-0.3, -0.25) is 4.79 Å². The first kappa shape index (κ1) is 21.6. The van der Waals surface area contributed by atoms with Crippen LogP contribution in [-0.4, -0.2) is 64.0 Å². The summed E-state index contributed by atoms with van der Waals surface area (Å²) < 4.78 is 1.98. The number of rotatable bonds is 5. The first-order chi connectivity index (χ1) is 14.9. The number of likely N-dealkylation sites (tertiary alicyclic amines) is 1. The van der Waals surface area contributed by atoms with Gasteiger partial charge in [-0.05, 0) is 38.2 Å². The van der Waals surface area contributed by atoms with Gasteiger partial charge in [-0.1, -0.05) is 41.4 Å². The van der Waals surface area contributed by atoms with Crippen molar-refractivity contribution in [3.63, 3.8) is 0 Å². The van der Waals surface area contributed by atoms with Crippen LogP contribution in [0.4, 0.5) is 5.82 Å². The lowest BCUT2D eigenvalue weighted by Crippen LogP contribution is -2.27. The van der Waals surface area contributed by atoms with Crippen molar-refractivity contribution in [1.82, 2.24) is 24.3 Å². The van der Waals surface area contributed by atoms with E-state index in [-0.39, 0.29) is 11.9 Å². The number of nitrogens with two attached hydrogens (primary N) is 1. The maximum Gasteiger partial charge on any atom is 0.246 e. The molecule has 9 heteroatoms. The Morgan fingerprint density at radius 3 is 2.71 bits per heavy atom. The van der Waals surface area contributed by atoms with Crippen molar-refractivity contribution in [1.29, 1.82) is 0 Å². The highest BCUT2D eigenvalue weighted by Crippen LogP contribution is 2.42. The van der Waals surface area contributed by atoms with Crippen LogP contribution in [0.1, 0.15) is 12.5 Å². The molecule has 31 heavy (non-hydrogen) atoms. The van der Waals surface area contributed by atoms with Crippen LogP contribution in [0.3, 0.4) is 0 Å². The smallest absolute Gasteiger partial charge is 0.246 e. The second-order valence-corrected chi connectivity index (χ2v) is 8.69. The van der Waals surface area contributed by atoms with Gasteiger partial charge in [0, 0.05) is 36.3 Å². The van der Waals surface area contributed by atoms with Gasteiger partial charge in [-0.15, -0.1) is 0 Å². The van der Waals surface area contributed by atoms with Gasteiger partial charge >= 0.3 is 0 Å². The highest BCUT2D eigenvalue weighted by molar-refractivity contribution is 6.35. The normalized spacial score (nSPS) is 16.8. The van der Waals surface area contributed by atoms with E-state index in [9.17, 15) is 4.79 Å². The second kappa shape index (κ2) is 8.86. The summed E-state index contributed by atoms with van der Waals surface area (Å²) in [5.41, 5.74) is 8.57. The van der Waals surface area contributed by atoms with Gasteiger partial charge in [0.25, 0.3) is 0 Å². The molecule has 1 atom stereocenters. The molecule has 1 saturated heterocycles. The maximum absolute atomic E-state index is 12.6. The van der Waals surface area contributed by atoms with Gasteiger partial charge in [0.1, 0.15) is 22.9 Å². The third-order valence-electron chi connectivity index (χ3n) is 5.46. The zero-order chi connectivity index (χ0) is 22.1. The second-order valence-electron chi connectivity index (χ2n) is 7.89. The number of carbonyl (C=O) groups is 1. The minimum Gasteiger partial charge on any atom is -0.383 e. The van der Waals surface area contributed by atoms with E-state index in [4.69, 9.17) is 28.9 Å².